The van der Waals surface area contributed by atoms with Gasteiger partial charge in [0.15, 0.2) is 5.82 Å². The van der Waals surface area contributed by atoms with Crippen LogP contribution in [0.4, 0.5) is 5.69 Å². The van der Waals surface area contributed by atoms with E-state index in [1.807, 2.05) is 43.3 Å². The zero-order chi connectivity index (χ0) is 21.8. The molecule has 4 rings (SSSR count). The molecule has 1 aliphatic heterocycles. The molecule has 7 heteroatoms. The SMILES string of the molecule is Cc1noc(-c2ccc(C(=O)N(Cc3ccc(N(C)C)cc3)CC3CCCO3)cc2)n1. The van der Waals surface area contributed by atoms with Gasteiger partial charge in [-0.3, -0.25) is 4.79 Å². The lowest BCUT2D eigenvalue weighted by Crippen LogP contribution is -2.37. The second-order valence-electron chi connectivity index (χ2n) is 8.11. The number of hydrogen-bond acceptors (Lipinski definition) is 6. The van der Waals surface area contributed by atoms with Crippen molar-refractivity contribution in [1.29, 1.82) is 0 Å². The Labute approximate surface area is 182 Å². The van der Waals surface area contributed by atoms with Crippen molar-refractivity contribution >= 4 is 11.6 Å². The van der Waals surface area contributed by atoms with Crippen molar-refractivity contribution < 1.29 is 14.1 Å². The first-order valence-electron chi connectivity index (χ1n) is 10.6. The fourth-order valence-corrected chi connectivity index (χ4v) is 3.73. The van der Waals surface area contributed by atoms with Gasteiger partial charge in [-0.2, -0.15) is 4.98 Å². The summed E-state index contributed by atoms with van der Waals surface area (Å²) in [5, 5.41) is 3.82. The minimum Gasteiger partial charge on any atom is -0.378 e. The number of carbonyl (C=O) groups is 1. The molecule has 0 saturated carbocycles. The maximum absolute atomic E-state index is 13.4. The molecule has 7 nitrogen and oxygen atoms in total. The summed E-state index contributed by atoms with van der Waals surface area (Å²) in [5.74, 6) is 1.02. The lowest BCUT2D eigenvalue weighted by atomic mass is 10.1. The maximum atomic E-state index is 13.4. The number of anilines is 1. The van der Waals surface area contributed by atoms with Crippen molar-refractivity contribution in [3.63, 3.8) is 0 Å². The molecule has 1 atom stereocenters. The summed E-state index contributed by atoms with van der Waals surface area (Å²) in [6, 6.07) is 15.6. The Bertz CT molecular complexity index is 1010. The molecule has 1 unspecified atom stereocenters. The van der Waals surface area contributed by atoms with Gasteiger partial charge in [-0.15, -0.1) is 0 Å². The Morgan fingerprint density at radius 3 is 2.42 bits per heavy atom. The van der Waals surface area contributed by atoms with E-state index in [-0.39, 0.29) is 12.0 Å². The third-order valence-corrected chi connectivity index (χ3v) is 5.47. The molecule has 1 aliphatic rings. The quantitative estimate of drug-likeness (QED) is 0.577. The van der Waals surface area contributed by atoms with E-state index < -0.39 is 0 Å². The van der Waals surface area contributed by atoms with Crippen LogP contribution in [-0.2, 0) is 11.3 Å². The standard InChI is InChI=1S/C24H28N4O3/c1-17-25-23(31-26-17)19-8-10-20(11-9-19)24(29)28(16-22-5-4-14-30-22)15-18-6-12-21(13-7-18)27(2)3/h6-13,22H,4-5,14-16H2,1-3H3. The number of benzene rings is 2. The summed E-state index contributed by atoms with van der Waals surface area (Å²) in [6.45, 7) is 3.66. The van der Waals surface area contributed by atoms with E-state index in [4.69, 9.17) is 9.26 Å². The smallest absolute Gasteiger partial charge is 0.257 e. The van der Waals surface area contributed by atoms with E-state index >= 15 is 0 Å². The number of carbonyl (C=O) groups excluding carboxylic acids is 1. The topological polar surface area (TPSA) is 71.7 Å². The average molecular weight is 421 g/mol. The zero-order valence-corrected chi connectivity index (χ0v) is 18.2. The summed E-state index contributed by atoms with van der Waals surface area (Å²) < 4.78 is 11.0. The van der Waals surface area contributed by atoms with Crippen LogP contribution in [0.5, 0.6) is 0 Å². The van der Waals surface area contributed by atoms with Crippen molar-refractivity contribution in [1.82, 2.24) is 15.0 Å². The summed E-state index contributed by atoms with van der Waals surface area (Å²) in [6.07, 6.45) is 2.12. The predicted molar refractivity (Wildman–Crippen MR) is 119 cm³/mol. The van der Waals surface area contributed by atoms with E-state index in [9.17, 15) is 4.79 Å². The molecule has 0 radical (unpaired) electrons. The monoisotopic (exact) mass is 420 g/mol. The highest BCUT2D eigenvalue weighted by Crippen LogP contribution is 2.21. The summed E-state index contributed by atoms with van der Waals surface area (Å²) in [4.78, 5) is 21.6. The Kier molecular flexibility index (Phi) is 6.32. The third-order valence-electron chi connectivity index (χ3n) is 5.47. The van der Waals surface area contributed by atoms with Crippen LogP contribution in [0.3, 0.4) is 0 Å². The molecule has 31 heavy (non-hydrogen) atoms. The molecule has 1 fully saturated rings. The van der Waals surface area contributed by atoms with Crippen LogP contribution in [-0.4, -0.2) is 54.3 Å². The molecule has 3 aromatic rings. The highest BCUT2D eigenvalue weighted by molar-refractivity contribution is 5.94. The van der Waals surface area contributed by atoms with Crippen LogP contribution < -0.4 is 4.90 Å². The molecule has 1 aromatic heterocycles. The molecular weight excluding hydrogens is 392 g/mol. The minimum atomic E-state index is -0.0135. The second kappa shape index (κ2) is 9.31. The first kappa shape index (κ1) is 21.1. The van der Waals surface area contributed by atoms with Gasteiger partial charge >= 0.3 is 0 Å². The van der Waals surface area contributed by atoms with Crippen LogP contribution in [0.2, 0.25) is 0 Å². The van der Waals surface area contributed by atoms with Gasteiger partial charge in [0, 0.05) is 50.6 Å². The van der Waals surface area contributed by atoms with Crippen LogP contribution in [0, 0.1) is 6.92 Å². The number of aromatic nitrogens is 2. The Balaban J connectivity index is 1.52. The number of rotatable bonds is 7. The fourth-order valence-electron chi connectivity index (χ4n) is 3.73. The van der Waals surface area contributed by atoms with E-state index in [1.54, 1.807) is 6.92 Å². The minimum absolute atomic E-state index is 0.0135. The molecule has 2 heterocycles. The number of hydrogen-bond donors (Lipinski definition) is 0. The van der Waals surface area contributed by atoms with E-state index in [2.05, 4.69) is 39.3 Å². The largest absolute Gasteiger partial charge is 0.378 e. The Morgan fingerprint density at radius 1 is 1.10 bits per heavy atom. The maximum Gasteiger partial charge on any atom is 0.257 e. The second-order valence-corrected chi connectivity index (χ2v) is 8.11. The average Bonchev–Trinajstić information content (AvgIpc) is 3.45. The van der Waals surface area contributed by atoms with Crippen molar-refractivity contribution in [3.05, 3.63) is 65.5 Å². The number of nitrogens with zero attached hydrogens (tertiary/aromatic N) is 4. The van der Waals surface area contributed by atoms with Gasteiger partial charge in [-0.25, -0.2) is 0 Å². The number of aryl methyl sites for hydroxylation is 1. The first-order valence-corrected chi connectivity index (χ1v) is 10.6. The van der Waals surface area contributed by atoms with E-state index in [0.717, 1.165) is 36.3 Å². The summed E-state index contributed by atoms with van der Waals surface area (Å²) in [5.41, 5.74) is 3.65. The van der Waals surface area contributed by atoms with Gasteiger partial charge in [0.2, 0.25) is 0 Å². The zero-order valence-electron chi connectivity index (χ0n) is 18.2. The molecule has 0 aliphatic carbocycles. The van der Waals surface area contributed by atoms with Gasteiger partial charge in [-0.1, -0.05) is 17.3 Å². The van der Waals surface area contributed by atoms with E-state index in [1.165, 1.54) is 0 Å². The lowest BCUT2D eigenvalue weighted by molar-refractivity contribution is 0.0507. The molecule has 0 spiro atoms. The van der Waals surface area contributed by atoms with Crippen molar-refractivity contribution in [2.24, 2.45) is 0 Å². The molecule has 2 aromatic carbocycles. The molecule has 0 N–H and O–H groups in total. The van der Waals surface area contributed by atoms with Crippen LogP contribution in [0.15, 0.2) is 53.1 Å². The van der Waals surface area contributed by atoms with Crippen LogP contribution >= 0.6 is 0 Å². The van der Waals surface area contributed by atoms with Gasteiger partial charge in [0.25, 0.3) is 11.8 Å². The van der Waals surface area contributed by atoms with Crippen molar-refractivity contribution in [3.8, 4) is 11.5 Å². The van der Waals surface area contributed by atoms with Gasteiger partial charge in [0.05, 0.1) is 6.10 Å². The number of amides is 1. The van der Waals surface area contributed by atoms with Gasteiger partial charge in [0.1, 0.15) is 0 Å². The molecular formula is C24H28N4O3. The lowest BCUT2D eigenvalue weighted by Gasteiger charge is -2.26. The summed E-state index contributed by atoms with van der Waals surface area (Å²) in [7, 11) is 4.03. The van der Waals surface area contributed by atoms with Gasteiger partial charge in [-0.05, 0) is 61.7 Å². The predicted octanol–water partition coefficient (Wildman–Crippen LogP) is 3.93. The molecule has 1 amide bonds. The highest BCUT2D eigenvalue weighted by Gasteiger charge is 2.24. The molecule has 0 bridgehead atoms. The van der Waals surface area contributed by atoms with Crippen LogP contribution in [0.25, 0.3) is 11.5 Å². The summed E-state index contributed by atoms with van der Waals surface area (Å²) >= 11 is 0. The fraction of sp³-hybridized carbons (Fsp3) is 0.375. The Morgan fingerprint density at radius 2 is 1.84 bits per heavy atom. The number of ether oxygens (including phenoxy) is 1. The van der Waals surface area contributed by atoms with E-state index in [0.29, 0.717) is 30.4 Å². The van der Waals surface area contributed by atoms with Crippen molar-refractivity contribution in [2.45, 2.75) is 32.4 Å². The Hall–Kier alpha value is -3.19. The first-order chi connectivity index (χ1) is 15.0. The third kappa shape index (κ3) is 5.11. The normalized spacial score (nSPS) is 15.8. The van der Waals surface area contributed by atoms with Crippen molar-refractivity contribution in [2.75, 3.05) is 32.1 Å². The highest BCUT2D eigenvalue weighted by atomic mass is 16.5. The van der Waals surface area contributed by atoms with Gasteiger partial charge < -0.3 is 19.1 Å². The molecule has 1 saturated heterocycles. The molecule has 162 valence electrons. The van der Waals surface area contributed by atoms with Crippen LogP contribution in [0.1, 0.15) is 34.6 Å².